The normalized spacial score (nSPS) is 11.1. The van der Waals surface area contributed by atoms with Crippen LogP contribution in [0.3, 0.4) is 0 Å². The lowest BCUT2D eigenvalue weighted by molar-refractivity contribution is 0.0531. The minimum atomic E-state index is -0.438. The summed E-state index contributed by atoms with van der Waals surface area (Å²) >= 11 is 8.78. The Bertz CT molecular complexity index is 1410. The molecule has 0 atom stereocenters. The van der Waals surface area contributed by atoms with E-state index < -0.39 is 5.97 Å². The summed E-state index contributed by atoms with van der Waals surface area (Å²) in [5, 5.41) is 1.65. The van der Waals surface area contributed by atoms with E-state index in [0.29, 0.717) is 42.3 Å². The van der Waals surface area contributed by atoms with Gasteiger partial charge in [0.25, 0.3) is 5.56 Å². The first-order valence-electron chi connectivity index (χ1n) is 10.6. The van der Waals surface area contributed by atoms with Crippen molar-refractivity contribution in [3.05, 3.63) is 85.5 Å². The average molecular weight is 515 g/mol. The molecular formula is C25H23ClN2O4S2. The van der Waals surface area contributed by atoms with Crippen LogP contribution in [0.2, 0.25) is 5.02 Å². The van der Waals surface area contributed by atoms with Crippen molar-refractivity contribution in [3.63, 3.8) is 0 Å². The molecule has 9 heteroatoms. The van der Waals surface area contributed by atoms with Gasteiger partial charge in [0, 0.05) is 16.3 Å². The van der Waals surface area contributed by atoms with Crippen molar-refractivity contribution < 1.29 is 14.3 Å². The Labute approximate surface area is 210 Å². The van der Waals surface area contributed by atoms with Gasteiger partial charge in [0.05, 0.1) is 25.6 Å². The molecule has 2 heterocycles. The lowest BCUT2D eigenvalue weighted by Gasteiger charge is -2.14. The van der Waals surface area contributed by atoms with Crippen molar-refractivity contribution in [1.82, 2.24) is 9.55 Å². The Kier molecular flexibility index (Phi) is 7.60. The summed E-state index contributed by atoms with van der Waals surface area (Å²) < 4.78 is 12.3. The van der Waals surface area contributed by atoms with E-state index in [1.807, 2.05) is 48.5 Å². The summed E-state index contributed by atoms with van der Waals surface area (Å²) in [5.74, 6) is 0.834. The topological polar surface area (TPSA) is 70.4 Å². The quantitative estimate of drug-likeness (QED) is 0.164. The van der Waals surface area contributed by atoms with E-state index in [9.17, 15) is 9.59 Å². The number of esters is 1. The van der Waals surface area contributed by atoms with Gasteiger partial charge >= 0.3 is 5.97 Å². The van der Waals surface area contributed by atoms with Gasteiger partial charge in [0.1, 0.15) is 15.5 Å². The number of nitrogens with zero attached hydrogens (tertiary/aromatic N) is 2. The second-order valence-electron chi connectivity index (χ2n) is 7.47. The number of thioether (sulfide) groups is 1. The first-order chi connectivity index (χ1) is 16.4. The number of benzene rings is 2. The zero-order valence-electron chi connectivity index (χ0n) is 19.0. The molecule has 0 amide bonds. The number of methoxy groups -OCH3 is 1. The van der Waals surface area contributed by atoms with Crippen molar-refractivity contribution in [3.8, 4) is 5.75 Å². The molecule has 0 radical (unpaired) electrons. The summed E-state index contributed by atoms with van der Waals surface area (Å²) in [7, 11) is 1.60. The molecule has 6 nitrogen and oxygen atoms in total. The van der Waals surface area contributed by atoms with Crippen LogP contribution in [0.1, 0.15) is 33.3 Å². The number of aryl methyl sites for hydroxylation is 1. The van der Waals surface area contributed by atoms with Gasteiger partial charge in [-0.1, -0.05) is 53.7 Å². The molecule has 0 spiro atoms. The number of aromatic nitrogens is 2. The molecule has 4 aromatic rings. The third kappa shape index (κ3) is 4.99. The van der Waals surface area contributed by atoms with E-state index in [2.05, 4.69) is 0 Å². The highest BCUT2D eigenvalue weighted by Crippen LogP contribution is 2.31. The van der Waals surface area contributed by atoms with Crippen molar-refractivity contribution in [1.29, 1.82) is 0 Å². The summed E-state index contributed by atoms with van der Waals surface area (Å²) in [4.78, 5) is 31.9. The van der Waals surface area contributed by atoms with Gasteiger partial charge in [-0.15, -0.1) is 11.3 Å². The van der Waals surface area contributed by atoms with Gasteiger partial charge in [-0.25, -0.2) is 9.78 Å². The molecule has 0 fully saturated rings. The minimum Gasteiger partial charge on any atom is -0.496 e. The SMILES string of the molecule is CCOC(=O)c1sc2nc(SCc3cccc(Cl)c3)n(Cc3ccccc3OC)c(=O)c2c1C. The van der Waals surface area contributed by atoms with Gasteiger partial charge in [0.15, 0.2) is 5.16 Å². The Balaban J connectivity index is 1.83. The van der Waals surface area contributed by atoms with Crippen molar-refractivity contribution >= 4 is 50.9 Å². The highest BCUT2D eigenvalue weighted by Gasteiger charge is 2.23. The standard InChI is InChI=1S/C25H23ClN2O4S2/c1-4-32-24(30)21-15(2)20-22(34-21)27-25(33-14-16-8-7-10-18(26)12-16)28(23(20)29)13-17-9-5-6-11-19(17)31-3/h5-12H,4,13-14H2,1-3H3. The summed E-state index contributed by atoms with van der Waals surface area (Å²) in [6.07, 6.45) is 0. The van der Waals surface area contributed by atoms with Gasteiger partial charge in [0.2, 0.25) is 0 Å². The van der Waals surface area contributed by atoms with Crippen LogP contribution in [0.15, 0.2) is 58.5 Å². The average Bonchev–Trinajstić information content (AvgIpc) is 3.16. The number of halogens is 1. The molecule has 176 valence electrons. The maximum absolute atomic E-state index is 13.7. The van der Waals surface area contributed by atoms with E-state index >= 15 is 0 Å². The monoisotopic (exact) mass is 514 g/mol. The fourth-order valence-corrected chi connectivity index (χ4v) is 5.89. The molecule has 34 heavy (non-hydrogen) atoms. The highest BCUT2D eigenvalue weighted by atomic mass is 35.5. The zero-order valence-corrected chi connectivity index (χ0v) is 21.4. The van der Waals surface area contributed by atoms with Crippen molar-refractivity contribution in [2.45, 2.75) is 31.3 Å². The number of ether oxygens (including phenoxy) is 2. The number of fused-ring (bicyclic) bond motifs is 1. The smallest absolute Gasteiger partial charge is 0.348 e. The molecule has 0 aliphatic heterocycles. The Morgan fingerprint density at radius 1 is 1.21 bits per heavy atom. The number of carbonyl (C=O) groups excluding carboxylic acids is 1. The minimum absolute atomic E-state index is 0.200. The number of hydrogen-bond donors (Lipinski definition) is 0. The lowest BCUT2D eigenvalue weighted by atomic mass is 10.2. The maximum atomic E-state index is 13.7. The maximum Gasteiger partial charge on any atom is 0.348 e. The first-order valence-corrected chi connectivity index (χ1v) is 12.8. The van der Waals surface area contributed by atoms with Crippen LogP contribution in [0, 0.1) is 6.92 Å². The Morgan fingerprint density at radius 2 is 2.00 bits per heavy atom. The van der Waals surface area contributed by atoms with Crippen LogP contribution in [-0.2, 0) is 17.0 Å². The molecule has 0 N–H and O–H groups in total. The summed E-state index contributed by atoms with van der Waals surface area (Å²) in [5.41, 5.74) is 2.27. The number of hydrogen-bond acceptors (Lipinski definition) is 7. The van der Waals surface area contributed by atoms with Crippen LogP contribution >= 0.6 is 34.7 Å². The fraction of sp³-hybridized carbons (Fsp3) is 0.240. The van der Waals surface area contributed by atoms with E-state index in [1.54, 1.807) is 25.5 Å². The first kappa shape index (κ1) is 24.3. The predicted molar refractivity (Wildman–Crippen MR) is 138 cm³/mol. The number of thiophene rings is 1. The fourth-order valence-electron chi connectivity index (χ4n) is 3.62. The second-order valence-corrected chi connectivity index (χ2v) is 9.85. The Hall–Kier alpha value is -2.81. The molecular weight excluding hydrogens is 492 g/mol. The number of para-hydroxylation sites is 1. The summed E-state index contributed by atoms with van der Waals surface area (Å²) in [6.45, 7) is 4.07. The number of rotatable bonds is 8. The van der Waals surface area contributed by atoms with Crippen LogP contribution in [0.25, 0.3) is 10.2 Å². The van der Waals surface area contributed by atoms with E-state index in [0.717, 1.165) is 11.1 Å². The van der Waals surface area contributed by atoms with Crippen LogP contribution in [0.4, 0.5) is 0 Å². The molecule has 0 unspecified atom stereocenters. The number of carbonyl (C=O) groups is 1. The predicted octanol–water partition coefficient (Wildman–Crippen LogP) is 5.95. The largest absolute Gasteiger partial charge is 0.496 e. The molecule has 2 aromatic heterocycles. The third-order valence-electron chi connectivity index (χ3n) is 5.25. The molecule has 0 saturated carbocycles. The van der Waals surface area contributed by atoms with Gasteiger partial charge < -0.3 is 9.47 Å². The molecule has 0 aliphatic carbocycles. The van der Waals surface area contributed by atoms with E-state index in [1.165, 1.54) is 23.1 Å². The molecule has 0 saturated heterocycles. The molecule has 2 aromatic carbocycles. The molecule has 0 aliphatic rings. The second kappa shape index (κ2) is 10.6. The van der Waals surface area contributed by atoms with E-state index in [4.69, 9.17) is 26.1 Å². The molecule has 4 rings (SSSR count). The van der Waals surface area contributed by atoms with Crippen LogP contribution in [0.5, 0.6) is 5.75 Å². The highest BCUT2D eigenvalue weighted by molar-refractivity contribution is 7.98. The molecule has 0 bridgehead atoms. The third-order valence-corrected chi connectivity index (χ3v) is 7.70. The lowest BCUT2D eigenvalue weighted by Crippen LogP contribution is -2.24. The Morgan fingerprint density at radius 3 is 2.74 bits per heavy atom. The van der Waals surface area contributed by atoms with Gasteiger partial charge in [-0.05, 0) is 43.2 Å². The van der Waals surface area contributed by atoms with Crippen molar-refractivity contribution in [2.24, 2.45) is 0 Å². The zero-order chi connectivity index (χ0) is 24.2. The van der Waals surface area contributed by atoms with Crippen LogP contribution < -0.4 is 10.3 Å². The van der Waals surface area contributed by atoms with E-state index in [-0.39, 0.29) is 18.7 Å². The summed E-state index contributed by atoms with van der Waals surface area (Å²) in [6, 6.07) is 15.2. The van der Waals surface area contributed by atoms with Crippen molar-refractivity contribution in [2.75, 3.05) is 13.7 Å². The van der Waals surface area contributed by atoms with Gasteiger partial charge in [-0.3, -0.25) is 9.36 Å². The van der Waals surface area contributed by atoms with Gasteiger partial charge in [-0.2, -0.15) is 0 Å². The van der Waals surface area contributed by atoms with Crippen LogP contribution in [-0.4, -0.2) is 29.2 Å².